The normalized spacial score (nSPS) is 12.8. The molecule has 4 aromatic carbocycles. The summed E-state index contributed by atoms with van der Waals surface area (Å²) in [6.07, 6.45) is 1.23. The molecule has 0 N–H and O–H groups in total. The minimum absolute atomic E-state index is 0.302. The van der Waals surface area contributed by atoms with Gasteiger partial charge in [-0.25, -0.2) is 4.39 Å². The Balaban J connectivity index is 1.61. The van der Waals surface area contributed by atoms with Crippen LogP contribution in [0, 0.1) is 30.9 Å². The van der Waals surface area contributed by atoms with E-state index in [0.29, 0.717) is 11.3 Å². The van der Waals surface area contributed by atoms with E-state index >= 15 is 0 Å². The van der Waals surface area contributed by atoms with Gasteiger partial charge in [0, 0.05) is 35.9 Å². The highest BCUT2D eigenvalue weighted by molar-refractivity contribution is 7.27. The van der Waals surface area contributed by atoms with E-state index in [0.717, 1.165) is 53.6 Å². The molecule has 178 valence electrons. The first-order valence-corrected chi connectivity index (χ1v) is 12.7. The van der Waals surface area contributed by atoms with Crippen LogP contribution < -0.4 is 4.57 Å². The molecule has 0 saturated carbocycles. The molecule has 2 heterocycles. The molecule has 0 atom stereocenters. The van der Waals surface area contributed by atoms with Gasteiger partial charge in [-0.3, -0.25) is 0 Å². The quantitative estimate of drug-likeness (QED) is 0.223. The number of halogens is 1. The van der Waals surface area contributed by atoms with Gasteiger partial charge in [0.2, 0.25) is 11.9 Å². The lowest BCUT2D eigenvalue weighted by Gasteiger charge is -2.08. The summed E-state index contributed by atoms with van der Waals surface area (Å²) in [6, 6.07) is 30.1. The van der Waals surface area contributed by atoms with Crippen LogP contribution in [0.4, 0.5) is 4.39 Å². The Hall–Kier alpha value is -4.33. The van der Waals surface area contributed by atoms with Crippen molar-refractivity contribution in [3.63, 3.8) is 0 Å². The maximum Gasteiger partial charge on any atom is 0.214 e. The Labute approximate surface area is 223 Å². The summed E-state index contributed by atoms with van der Waals surface area (Å²) in [5, 5.41) is 12.1. The summed E-state index contributed by atoms with van der Waals surface area (Å²) >= 11 is 1.58. The van der Waals surface area contributed by atoms with Crippen molar-refractivity contribution in [2.75, 3.05) is 0 Å². The fraction of sp³-hybridized carbons (Fsp3) is 0.0909. The van der Waals surface area contributed by atoms with Gasteiger partial charge in [0.25, 0.3) is 0 Å². The van der Waals surface area contributed by atoms with Gasteiger partial charge in [-0.15, -0.1) is 11.3 Å². The van der Waals surface area contributed by atoms with Crippen LogP contribution in [0.3, 0.4) is 0 Å². The number of pyridine rings is 1. The molecule has 4 heteroatoms. The first-order valence-electron chi connectivity index (χ1n) is 13.4. The maximum absolute atomic E-state index is 14.7. The molecule has 6 rings (SSSR count). The molecule has 0 unspecified atom stereocenters. The number of benzene rings is 4. The molecule has 0 saturated heterocycles. The topological polar surface area (TPSA) is 27.7 Å². The standard InChI is InChI=1S/C33H24FN2S/c1-20-9-15-26-27-16-14-25(18-35)31(24-12-10-23(11-13-24)22-7-5-4-6-8-22)33(27)37-32(26)30(20)29-17-21(2)28(34)19-36(29)3/h4-17,19H,1-3H3/q+1/i2D3. The first kappa shape index (κ1) is 19.8. The molecule has 37 heavy (non-hydrogen) atoms. The number of rotatable bonds is 3. The minimum Gasteiger partial charge on any atom is -0.200 e. The second kappa shape index (κ2) is 8.96. The van der Waals surface area contributed by atoms with Gasteiger partial charge in [-0.1, -0.05) is 72.8 Å². The van der Waals surface area contributed by atoms with E-state index in [4.69, 9.17) is 4.11 Å². The van der Waals surface area contributed by atoms with Gasteiger partial charge in [-0.2, -0.15) is 9.83 Å². The average molecular weight is 503 g/mol. The molecule has 6 aromatic rings. The van der Waals surface area contributed by atoms with Crippen molar-refractivity contribution in [3.8, 4) is 39.6 Å². The number of fused-ring (bicyclic) bond motifs is 3. The Bertz CT molecular complexity index is 1970. The first-order chi connectivity index (χ1) is 19.2. The van der Waals surface area contributed by atoms with Crippen molar-refractivity contribution in [2.24, 2.45) is 7.05 Å². The minimum atomic E-state index is -2.57. The van der Waals surface area contributed by atoms with Crippen LogP contribution in [-0.4, -0.2) is 0 Å². The molecule has 0 aliphatic heterocycles. The molecule has 0 aliphatic rings. The van der Waals surface area contributed by atoms with Crippen LogP contribution in [0.5, 0.6) is 0 Å². The van der Waals surface area contributed by atoms with E-state index in [1.54, 1.807) is 23.0 Å². The van der Waals surface area contributed by atoms with Crippen LogP contribution >= 0.6 is 11.3 Å². The van der Waals surface area contributed by atoms with Crippen molar-refractivity contribution in [1.82, 2.24) is 0 Å². The second-order valence-corrected chi connectivity index (χ2v) is 10.2. The van der Waals surface area contributed by atoms with Crippen molar-refractivity contribution in [3.05, 3.63) is 114 Å². The van der Waals surface area contributed by atoms with E-state index in [-0.39, 0.29) is 5.56 Å². The van der Waals surface area contributed by atoms with Gasteiger partial charge < -0.3 is 0 Å². The predicted octanol–water partition coefficient (Wildman–Crippen LogP) is 8.51. The zero-order chi connectivity index (χ0) is 28.2. The molecule has 0 amide bonds. The highest BCUT2D eigenvalue weighted by Gasteiger charge is 2.22. The SMILES string of the molecule is [2H]C([2H])([2H])c1cc(-c2c(C)ccc3c2sc2c(-c4ccc(-c5ccccc5)cc4)c(C#N)ccc23)[n+](C)cc1F. The van der Waals surface area contributed by atoms with Crippen LogP contribution in [0.15, 0.2) is 91.1 Å². The van der Waals surface area contributed by atoms with Crippen LogP contribution in [-0.2, 0) is 7.05 Å². The number of hydrogen-bond donors (Lipinski definition) is 0. The Morgan fingerprint density at radius 2 is 1.46 bits per heavy atom. The van der Waals surface area contributed by atoms with Crippen molar-refractivity contribution in [1.29, 1.82) is 5.26 Å². The third-order valence-corrected chi connectivity index (χ3v) is 8.16. The molecular formula is C33H24FN2S+. The zero-order valence-electron chi connectivity index (χ0n) is 23.3. The van der Waals surface area contributed by atoms with Gasteiger partial charge in [-0.05, 0) is 47.7 Å². The van der Waals surface area contributed by atoms with E-state index in [1.165, 1.54) is 12.3 Å². The van der Waals surface area contributed by atoms with E-state index in [1.807, 2.05) is 43.3 Å². The number of aromatic nitrogens is 1. The summed E-state index contributed by atoms with van der Waals surface area (Å²) in [6.45, 7) is -0.600. The summed E-state index contributed by atoms with van der Waals surface area (Å²) in [5.41, 5.74) is 6.75. The van der Waals surface area contributed by atoms with Gasteiger partial charge in [0.05, 0.1) is 17.2 Å². The Kier molecular flexibility index (Phi) is 4.80. The number of nitriles is 1. The molecule has 0 spiro atoms. The monoisotopic (exact) mass is 502 g/mol. The maximum atomic E-state index is 14.7. The summed E-state index contributed by atoms with van der Waals surface area (Å²) in [5.74, 6) is -0.757. The summed E-state index contributed by atoms with van der Waals surface area (Å²) in [7, 11) is 1.72. The molecule has 0 aliphatic carbocycles. The Morgan fingerprint density at radius 1 is 0.811 bits per heavy atom. The third-order valence-electron chi connectivity index (χ3n) is 6.90. The molecule has 2 aromatic heterocycles. The van der Waals surface area contributed by atoms with E-state index in [9.17, 15) is 9.65 Å². The second-order valence-electron chi connectivity index (χ2n) is 9.19. The van der Waals surface area contributed by atoms with Crippen molar-refractivity contribution >= 4 is 31.5 Å². The van der Waals surface area contributed by atoms with Crippen molar-refractivity contribution < 1.29 is 13.1 Å². The van der Waals surface area contributed by atoms with Crippen LogP contribution in [0.25, 0.3) is 53.7 Å². The average Bonchev–Trinajstić information content (AvgIpc) is 3.31. The zero-order valence-corrected chi connectivity index (χ0v) is 21.2. The lowest BCUT2D eigenvalue weighted by molar-refractivity contribution is -0.661. The Morgan fingerprint density at radius 3 is 2.16 bits per heavy atom. The van der Waals surface area contributed by atoms with Crippen molar-refractivity contribution in [2.45, 2.75) is 13.8 Å². The number of nitrogens with zero attached hydrogens (tertiary/aromatic N) is 2. The van der Waals surface area contributed by atoms with Gasteiger partial charge >= 0.3 is 0 Å². The van der Waals surface area contributed by atoms with Gasteiger partial charge in [0.1, 0.15) is 7.05 Å². The fourth-order valence-corrected chi connectivity index (χ4v) is 6.50. The lowest BCUT2D eigenvalue weighted by Crippen LogP contribution is -2.31. The number of thiophene rings is 1. The van der Waals surface area contributed by atoms with Crippen LogP contribution in [0.2, 0.25) is 0 Å². The van der Waals surface area contributed by atoms with E-state index < -0.39 is 12.7 Å². The lowest BCUT2D eigenvalue weighted by atomic mass is 9.95. The smallest absolute Gasteiger partial charge is 0.200 e. The molecular weight excluding hydrogens is 475 g/mol. The highest BCUT2D eigenvalue weighted by atomic mass is 32.1. The summed E-state index contributed by atoms with van der Waals surface area (Å²) in [4.78, 5) is 0. The molecule has 0 bridgehead atoms. The molecule has 0 radical (unpaired) electrons. The number of hydrogen-bond acceptors (Lipinski definition) is 2. The van der Waals surface area contributed by atoms with Crippen LogP contribution in [0.1, 0.15) is 20.8 Å². The molecule has 2 nitrogen and oxygen atoms in total. The highest BCUT2D eigenvalue weighted by Crippen LogP contribution is 2.45. The largest absolute Gasteiger partial charge is 0.214 e. The third kappa shape index (κ3) is 3.80. The summed E-state index contributed by atoms with van der Waals surface area (Å²) < 4.78 is 41.8. The van der Waals surface area contributed by atoms with Gasteiger partial charge in [0.15, 0.2) is 5.82 Å². The number of aryl methyl sites for hydroxylation is 3. The van der Waals surface area contributed by atoms with E-state index in [2.05, 4.69) is 48.5 Å². The molecule has 0 fully saturated rings. The fourth-order valence-electron chi connectivity index (χ4n) is 5.03. The predicted molar refractivity (Wildman–Crippen MR) is 151 cm³/mol.